The number of carbonyl (C=O) groups is 1. The maximum atomic E-state index is 11.9. The summed E-state index contributed by atoms with van der Waals surface area (Å²) in [5.41, 5.74) is 1.39. The van der Waals surface area contributed by atoms with Gasteiger partial charge < -0.3 is 5.32 Å². The molecule has 0 radical (unpaired) electrons. The maximum absolute atomic E-state index is 11.9. The molecule has 0 saturated heterocycles. The topological polar surface area (TPSA) is 52.9 Å². The molecule has 0 saturated carbocycles. The Hall–Kier alpha value is -2.02. The number of hydrogen-bond acceptors (Lipinski definition) is 2. The van der Waals surface area contributed by atoms with E-state index < -0.39 is 0 Å². The molecule has 0 aromatic heterocycles. The van der Waals surface area contributed by atoms with Gasteiger partial charge in [-0.1, -0.05) is 23.2 Å². The first-order valence-electron chi connectivity index (χ1n) is 5.37. The number of amides is 1. The van der Waals surface area contributed by atoms with Crippen molar-refractivity contribution in [2.75, 3.05) is 5.32 Å². The van der Waals surface area contributed by atoms with E-state index in [0.717, 1.165) is 0 Å². The van der Waals surface area contributed by atoms with E-state index in [0.29, 0.717) is 26.9 Å². The van der Waals surface area contributed by atoms with Crippen LogP contribution in [0, 0.1) is 11.3 Å². The van der Waals surface area contributed by atoms with Gasteiger partial charge in [0.05, 0.1) is 10.6 Å². The summed E-state index contributed by atoms with van der Waals surface area (Å²) in [5.74, 6) is -0.266. The maximum Gasteiger partial charge on any atom is 0.255 e. The third-order valence-electron chi connectivity index (χ3n) is 2.45. The Morgan fingerprint density at radius 2 is 1.79 bits per heavy atom. The Bertz CT molecular complexity index is 660. The Morgan fingerprint density at radius 3 is 2.37 bits per heavy atom. The van der Waals surface area contributed by atoms with Crippen LogP contribution < -0.4 is 5.32 Å². The molecule has 0 bridgehead atoms. The van der Waals surface area contributed by atoms with Crippen LogP contribution in [0.2, 0.25) is 10.0 Å². The predicted octanol–water partition coefficient (Wildman–Crippen LogP) is 4.12. The van der Waals surface area contributed by atoms with Crippen molar-refractivity contribution in [1.29, 1.82) is 5.26 Å². The van der Waals surface area contributed by atoms with Gasteiger partial charge in [0, 0.05) is 16.3 Å². The number of halogens is 2. The molecule has 1 amide bonds. The molecule has 2 aromatic carbocycles. The number of nitriles is 1. The van der Waals surface area contributed by atoms with Gasteiger partial charge in [-0.15, -0.1) is 0 Å². The lowest BCUT2D eigenvalue weighted by molar-refractivity contribution is 0.102. The number of nitrogens with one attached hydrogen (secondary N) is 1. The standard InChI is InChI=1S/C14H8Cl2N2O/c15-11-4-1-9(2-5-11)14(19)18-12-6-3-10(8-17)13(16)7-12/h1-7H,(H,18,19). The molecule has 2 rings (SSSR count). The highest BCUT2D eigenvalue weighted by Crippen LogP contribution is 2.21. The Balaban J connectivity index is 2.17. The first-order valence-corrected chi connectivity index (χ1v) is 6.12. The van der Waals surface area contributed by atoms with Crippen molar-refractivity contribution in [3.63, 3.8) is 0 Å². The van der Waals surface area contributed by atoms with Crippen LogP contribution in [0.25, 0.3) is 0 Å². The molecule has 0 atom stereocenters. The third-order valence-corrected chi connectivity index (χ3v) is 3.02. The molecule has 0 aliphatic heterocycles. The van der Waals surface area contributed by atoms with Crippen LogP contribution in [0.15, 0.2) is 42.5 Å². The van der Waals surface area contributed by atoms with E-state index in [1.54, 1.807) is 36.4 Å². The molecule has 2 aromatic rings. The second kappa shape index (κ2) is 5.75. The fourth-order valence-corrected chi connectivity index (χ4v) is 1.84. The molecule has 5 heteroatoms. The zero-order chi connectivity index (χ0) is 13.8. The normalized spacial score (nSPS) is 9.74. The molecule has 0 spiro atoms. The van der Waals surface area contributed by atoms with E-state index in [9.17, 15) is 4.79 Å². The van der Waals surface area contributed by atoms with Crippen molar-refractivity contribution in [3.8, 4) is 6.07 Å². The van der Waals surface area contributed by atoms with Crippen molar-refractivity contribution in [3.05, 3.63) is 63.6 Å². The number of hydrogen-bond donors (Lipinski definition) is 1. The summed E-state index contributed by atoms with van der Waals surface area (Å²) in [4.78, 5) is 11.9. The van der Waals surface area contributed by atoms with Crippen molar-refractivity contribution in [2.45, 2.75) is 0 Å². The van der Waals surface area contributed by atoms with E-state index in [-0.39, 0.29) is 5.91 Å². The second-order valence-electron chi connectivity index (χ2n) is 3.77. The van der Waals surface area contributed by atoms with Crippen LogP contribution in [0.1, 0.15) is 15.9 Å². The third kappa shape index (κ3) is 3.25. The van der Waals surface area contributed by atoms with Gasteiger partial charge in [0.2, 0.25) is 0 Å². The summed E-state index contributed by atoms with van der Waals surface area (Å²) in [6, 6.07) is 13.2. The average molecular weight is 291 g/mol. The minimum absolute atomic E-state index is 0.266. The van der Waals surface area contributed by atoms with Crippen molar-refractivity contribution in [1.82, 2.24) is 0 Å². The smallest absolute Gasteiger partial charge is 0.255 e. The summed E-state index contributed by atoms with van der Waals surface area (Å²) in [5, 5.41) is 12.3. The molecule has 0 unspecified atom stereocenters. The highest BCUT2D eigenvalue weighted by molar-refractivity contribution is 6.32. The summed E-state index contributed by atoms with van der Waals surface area (Å²) in [6.07, 6.45) is 0. The molecule has 0 aliphatic rings. The van der Waals surface area contributed by atoms with E-state index in [1.165, 1.54) is 6.07 Å². The molecule has 3 nitrogen and oxygen atoms in total. The number of rotatable bonds is 2. The van der Waals surface area contributed by atoms with Gasteiger partial charge in [-0.25, -0.2) is 0 Å². The first kappa shape index (κ1) is 13.4. The second-order valence-corrected chi connectivity index (χ2v) is 4.61. The summed E-state index contributed by atoms with van der Waals surface area (Å²) >= 11 is 11.6. The Kier molecular flexibility index (Phi) is 4.06. The van der Waals surface area contributed by atoms with Crippen LogP contribution in [-0.2, 0) is 0 Å². The van der Waals surface area contributed by atoms with Gasteiger partial charge in [-0.05, 0) is 42.5 Å². The van der Waals surface area contributed by atoms with Gasteiger partial charge in [0.25, 0.3) is 5.91 Å². The average Bonchev–Trinajstić information content (AvgIpc) is 2.39. The van der Waals surface area contributed by atoms with Gasteiger partial charge in [-0.3, -0.25) is 4.79 Å². The highest BCUT2D eigenvalue weighted by atomic mass is 35.5. The van der Waals surface area contributed by atoms with Gasteiger partial charge in [0.15, 0.2) is 0 Å². The molecular weight excluding hydrogens is 283 g/mol. The predicted molar refractivity (Wildman–Crippen MR) is 75.6 cm³/mol. The largest absolute Gasteiger partial charge is 0.322 e. The highest BCUT2D eigenvalue weighted by Gasteiger charge is 2.07. The monoisotopic (exact) mass is 290 g/mol. The van der Waals surface area contributed by atoms with Gasteiger partial charge in [-0.2, -0.15) is 5.26 Å². The van der Waals surface area contributed by atoms with Crippen LogP contribution in [-0.4, -0.2) is 5.91 Å². The molecule has 94 valence electrons. The van der Waals surface area contributed by atoms with E-state index >= 15 is 0 Å². The Morgan fingerprint density at radius 1 is 1.11 bits per heavy atom. The quantitative estimate of drug-likeness (QED) is 0.905. The molecule has 1 N–H and O–H groups in total. The van der Waals surface area contributed by atoms with Gasteiger partial charge >= 0.3 is 0 Å². The van der Waals surface area contributed by atoms with Crippen molar-refractivity contribution >= 4 is 34.8 Å². The van der Waals surface area contributed by atoms with E-state index in [2.05, 4.69) is 5.32 Å². The lowest BCUT2D eigenvalue weighted by Gasteiger charge is -2.06. The fourth-order valence-electron chi connectivity index (χ4n) is 1.49. The molecule has 0 aliphatic carbocycles. The van der Waals surface area contributed by atoms with Crippen molar-refractivity contribution in [2.24, 2.45) is 0 Å². The SMILES string of the molecule is N#Cc1ccc(NC(=O)c2ccc(Cl)cc2)cc1Cl. The van der Waals surface area contributed by atoms with Gasteiger partial charge in [0.1, 0.15) is 6.07 Å². The molecule has 19 heavy (non-hydrogen) atoms. The van der Waals surface area contributed by atoms with Crippen LogP contribution in [0.3, 0.4) is 0 Å². The summed E-state index contributed by atoms with van der Waals surface area (Å²) < 4.78 is 0. The number of carbonyl (C=O) groups excluding carboxylic acids is 1. The van der Waals surface area contributed by atoms with Crippen LogP contribution >= 0.6 is 23.2 Å². The van der Waals surface area contributed by atoms with Crippen LogP contribution in [0.5, 0.6) is 0 Å². The van der Waals surface area contributed by atoms with Crippen LogP contribution in [0.4, 0.5) is 5.69 Å². The zero-order valence-corrected chi connectivity index (χ0v) is 11.2. The molecular formula is C14H8Cl2N2O. The lowest BCUT2D eigenvalue weighted by atomic mass is 10.2. The number of anilines is 1. The fraction of sp³-hybridized carbons (Fsp3) is 0. The first-order chi connectivity index (χ1) is 9.10. The minimum Gasteiger partial charge on any atom is -0.322 e. The molecule has 0 heterocycles. The zero-order valence-electron chi connectivity index (χ0n) is 9.65. The van der Waals surface area contributed by atoms with Crippen molar-refractivity contribution < 1.29 is 4.79 Å². The molecule has 0 fully saturated rings. The Labute approximate surface area is 120 Å². The van der Waals surface area contributed by atoms with E-state index in [1.807, 2.05) is 6.07 Å². The number of benzene rings is 2. The summed E-state index contributed by atoms with van der Waals surface area (Å²) in [7, 11) is 0. The summed E-state index contributed by atoms with van der Waals surface area (Å²) in [6.45, 7) is 0. The number of nitrogens with zero attached hydrogens (tertiary/aromatic N) is 1. The van der Waals surface area contributed by atoms with E-state index in [4.69, 9.17) is 28.5 Å². The minimum atomic E-state index is -0.266. The lowest BCUT2D eigenvalue weighted by Crippen LogP contribution is -2.11.